The first-order chi connectivity index (χ1) is 34.4. The summed E-state index contributed by atoms with van der Waals surface area (Å²) in [5.74, 6) is 0. The largest absolute Gasteiger partial charge is 0.411 e. The normalized spacial score (nSPS) is 14.0. The quantitative estimate of drug-likeness (QED) is 0.0900. The van der Waals surface area contributed by atoms with E-state index in [9.17, 15) is 105 Å². The van der Waals surface area contributed by atoms with Crippen LogP contribution in [0.1, 0.15) is 44.5 Å². The maximum atomic E-state index is 14.3. The van der Waals surface area contributed by atoms with Crippen LogP contribution >= 0.6 is 0 Å². The molecule has 0 aromatic heterocycles. The molecule has 6 aromatic rings. The minimum absolute atomic E-state index is 0.0454. The van der Waals surface area contributed by atoms with Crippen LogP contribution in [0.4, 0.5) is 128 Å². The minimum Gasteiger partial charge on any atom is -0.399 e. The van der Waals surface area contributed by atoms with E-state index >= 15 is 0 Å². The highest BCUT2D eigenvalue weighted by Gasteiger charge is 2.76. The summed E-state index contributed by atoms with van der Waals surface area (Å²) in [6.07, 6.45) is -49.0. The van der Waals surface area contributed by atoms with Crippen molar-refractivity contribution in [2.24, 2.45) is 0 Å². The highest BCUT2D eigenvalue weighted by Crippen LogP contribution is 2.61. The van der Waals surface area contributed by atoms with Crippen molar-refractivity contribution < 1.29 is 105 Å². The third kappa shape index (κ3) is 9.70. The summed E-state index contributed by atoms with van der Waals surface area (Å²) in [6, 6.07) is 9.50. The fraction of sp³-hybridized carbons (Fsp3) is 0.250. The van der Waals surface area contributed by atoms with Crippen LogP contribution in [0.25, 0.3) is 0 Å². The first-order valence-corrected chi connectivity index (χ1v) is 20.6. The molecule has 6 aromatic carbocycles. The van der Waals surface area contributed by atoms with Crippen LogP contribution in [0, 0.1) is 0 Å². The smallest absolute Gasteiger partial charge is 0.399 e. The van der Waals surface area contributed by atoms with Gasteiger partial charge in [-0.25, -0.2) is 0 Å². The molecule has 0 atom stereocenters. The van der Waals surface area contributed by atoms with Gasteiger partial charge in [0.1, 0.15) is 0 Å². The lowest BCUT2D eigenvalue weighted by molar-refractivity contribution is -0.291. The van der Waals surface area contributed by atoms with Crippen LogP contribution in [-0.4, -0.2) is 49.4 Å². The zero-order valence-electron chi connectivity index (χ0n) is 37.2. The Hall–Kier alpha value is -7.16. The molecule has 0 radical (unpaired) electrons. The van der Waals surface area contributed by atoms with Gasteiger partial charge < -0.3 is 22.9 Å². The summed E-state index contributed by atoms with van der Waals surface area (Å²) in [4.78, 5) is 0. The molecule has 0 saturated heterocycles. The number of rotatable bonds is 8. The molecule has 4 nitrogen and oxygen atoms in total. The van der Waals surface area contributed by atoms with E-state index in [1.54, 1.807) is 0 Å². The zero-order valence-corrected chi connectivity index (χ0v) is 37.2. The number of benzene rings is 6. The number of nitrogen functional groups attached to an aromatic ring is 4. The summed E-state index contributed by atoms with van der Waals surface area (Å²) >= 11 is 0. The molecule has 0 spiro atoms. The first-order valence-electron chi connectivity index (χ1n) is 20.6. The molecule has 0 bridgehead atoms. The lowest BCUT2D eigenvalue weighted by Gasteiger charge is -2.40. The highest BCUT2D eigenvalue weighted by molar-refractivity contribution is 5.56. The second-order valence-corrected chi connectivity index (χ2v) is 16.6. The van der Waals surface area contributed by atoms with Gasteiger partial charge in [-0.05, 0) is 93.0 Å². The fourth-order valence-electron chi connectivity index (χ4n) is 8.88. The molecule has 0 aliphatic rings. The molecule has 6 rings (SSSR count). The average molecular weight is 1120 g/mol. The molecule has 8 N–H and O–H groups in total. The number of hydrogen-bond donors (Lipinski definition) is 4. The van der Waals surface area contributed by atoms with Crippen LogP contribution in [0.5, 0.6) is 0 Å². The molecule has 28 heteroatoms. The highest BCUT2D eigenvalue weighted by atomic mass is 19.4. The predicted molar refractivity (Wildman–Crippen MR) is 228 cm³/mol. The molecule has 0 amide bonds. The molecule has 0 fully saturated rings. The van der Waals surface area contributed by atoms with Gasteiger partial charge in [-0.15, -0.1) is 0 Å². The van der Waals surface area contributed by atoms with E-state index in [0.717, 1.165) is 48.5 Å². The molecule has 412 valence electrons. The predicted octanol–water partition coefficient (Wildman–Crippen LogP) is 15.3. The van der Waals surface area contributed by atoms with E-state index in [4.69, 9.17) is 22.9 Å². The topological polar surface area (TPSA) is 104 Å². The second-order valence-electron chi connectivity index (χ2n) is 16.6. The SMILES string of the molecule is Nc1ccc(C(c2ccc(C(c3ccc(N)cc3)(C(F)(F)F)C(F)(F)F)cc2)(C(F)(F)F)C(F)(F)F)cc1.Nc1cccc(C(c2ccc(C(c3cccc(N)c3)(C(F)(F)F)C(F)(F)F)cc2)(C(F)(F)F)C(F)(F)F)c1. The van der Waals surface area contributed by atoms with Crippen molar-refractivity contribution in [3.05, 3.63) is 190 Å². The molecule has 0 aliphatic heterocycles. The Morgan fingerprint density at radius 2 is 0.342 bits per heavy atom. The van der Waals surface area contributed by atoms with Gasteiger partial charge in [0.05, 0.1) is 0 Å². The molecular weight excluding hydrogens is 1090 g/mol. The molecule has 0 unspecified atom stereocenters. The summed E-state index contributed by atoms with van der Waals surface area (Å²) in [5.41, 5.74) is -11.4. The lowest BCUT2D eigenvalue weighted by Crippen LogP contribution is -2.55. The summed E-state index contributed by atoms with van der Waals surface area (Å²) in [6.45, 7) is 0. The molecule has 0 heterocycles. The molecule has 0 aliphatic carbocycles. The Kier molecular flexibility index (Phi) is 15.3. The maximum absolute atomic E-state index is 14.3. The van der Waals surface area contributed by atoms with Gasteiger partial charge in [0.2, 0.25) is 21.7 Å². The van der Waals surface area contributed by atoms with Crippen LogP contribution in [0.2, 0.25) is 0 Å². The average Bonchev–Trinajstić information content (AvgIpc) is 3.23. The summed E-state index contributed by atoms with van der Waals surface area (Å²) < 4.78 is 342. The van der Waals surface area contributed by atoms with Gasteiger partial charge in [0.15, 0.2) is 0 Å². The lowest BCUT2D eigenvalue weighted by atomic mass is 9.69. The zero-order chi connectivity index (χ0) is 57.9. The first kappa shape index (κ1) is 59.7. The number of nitrogens with two attached hydrogens (primary N) is 4. The summed E-state index contributed by atoms with van der Waals surface area (Å²) in [7, 11) is 0. The van der Waals surface area contributed by atoms with E-state index in [2.05, 4.69) is 0 Å². The number of hydrogen-bond acceptors (Lipinski definition) is 4. The number of anilines is 4. The minimum atomic E-state index is -6.14. The second kappa shape index (κ2) is 19.4. The Balaban J connectivity index is 0.000000281. The van der Waals surface area contributed by atoms with Crippen molar-refractivity contribution in [1.82, 2.24) is 0 Å². The molecular formula is C48H32F24N4. The van der Waals surface area contributed by atoms with Crippen molar-refractivity contribution in [2.45, 2.75) is 71.1 Å². The fourth-order valence-corrected chi connectivity index (χ4v) is 8.88. The standard InChI is InChI=1S/2C24H16F12N2/c25-21(26,27)19(22(28,29)30,15-3-1-5-17(37)11-15)13-7-9-14(10-8-13)20(23(31,32)33,24(34,35)36)16-4-2-6-18(38)12-16;25-21(26,27)19(22(28,29)30,15-5-9-17(37)10-6-15)13-1-2-14(4-3-13)20(23(31,32)33,24(34,35)36)16-7-11-18(38)12-8-16/h2*1-12H,37-38H2. The van der Waals surface area contributed by atoms with E-state index in [1.165, 1.54) is 0 Å². The monoisotopic (exact) mass is 1120 g/mol. The molecule has 76 heavy (non-hydrogen) atoms. The van der Waals surface area contributed by atoms with E-state index in [-0.39, 0.29) is 59.9 Å². The summed E-state index contributed by atoms with van der Waals surface area (Å²) in [5, 5.41) is 0. The van der Waals surface area contributed by atoms with Gasteiger partial charge in [-0.2, -0.15) is 105 Å². The van der Waals surface area contributed by atoms with Crippen LogP contribution < -0.4 is 22.9 Å². The van der Waals surface area contributed by atoms with Crippen molar-refractivity contribution in [3.63, 3.8) is 0 Å². The van der Waals surface area contributed by atoms with Crippen molar-refractivity contribution in [3.8, 4) is 0 Å². The Bertz CT molecular complexity index is 2680. The number of halogens is 24. The van der Waals surface area contributed by atoms with Gasteiger partial charge in [-0.1, -0.05) is 97.1 Å². The van der Waals surface area contributed by atoms with Gasteiger partial charge >= 0.3 is 49.4 Å². The Morgan fingerprint density at radius 1 is 0.184 bits per heavy atom. The molecule has 0 saturated carbocycles. The van der Waals surface area contributed by atoms with Gasteiger partial charge in [-0.3, -0.25) is 0 Å². The van der Waals surface area contributed by atoms with Gasteiger partial charge in [0.25, 0.3) is 0 Å². The van der Waals surface area contributed by atoms with Crippen LogP contribution in [0.3, 0.4) is 0 Å². The van der Waals surface area contributed by atoms with Crippen LogP contribution in [-0.2, 0) is 21.7 Å². The van der Waals surface area contributed by atoms with Crippen molar-refractivity contribution >= 4 is 22.7 Å². The van der Waals surface area contributed by atoms with E-state index < -0.39 is 127 Å². The van der Waals surface area contributed by atoms with Crippen LogP contribution in [0.15, 0.2) is 146 Å². The Labute approximate surface area is 411 Å². The van der Waals surface area contributed by atoms with E-state index in [1.807, 2.05) is 0 Å². The maximum Gasteiger partial charge on any atom is 0.411 e. The van der Waals surface area contributed by atoms with Crippen molar-refractivity contribution in [2.75, 3.05) is 22.9 Å². The third-order valence-corrected chi connectivity index (χ3v) is 12.2. The third-order valence-electron chi connectivity index (χ3n) is 12.2. The Morgan fingerprint density at radius 3 is 0.500 bits per heavy atom. The van der Waals surface area contributed by atoms with E-state index in [0.29, 0.717) is 48.5 Å². The number of alkyl halides is 24. The van der Waals surface area contributed by atoms with Gasteiger partial charge in [0, 0.05) is 22.7 Å². The van der Waals surface area contributed by atoms with Crippen molar-refractivity contribution in [1.29, 1.82) is 0 Å².